The fourth-order valence-electron chi connectivity index (χ4n) is 2.07. The van der Waals surface area contributed by atoms with Crippen molar-refractivity contribution in [3.8, 4) is 0 Å². The zero-order valence-electron chi connectivity index (χ0n) is 10.5. The first-order valence-corrected chi connectivity index (χ1v) is 6.30. The van der Waals surface area contributed by atoms with Crippen molar-refractivity contribution < 1.29 is 19.8 Å². The van der Waals surface area contributed by atoms with Gasteiger partial charge in [-0.15, -0.1) is 0 Å². The second-order valence-corrected chi connectivity index (χ2v) is 4.58. The maximum atomic E-state index is 11.6. The van der Waals surface area contributed by atoms with Crippen LogP contribution < -0.4 is 0 Å². The van der Waals surface area contributed by atoms with E-state index in [4.69, 9.17) is 0 Å². The average Bonchev–Trinajstić information content (AvgIpc) is 2.36. The molecule has 0 saturated heterocycles. The van der Waals surface area contributed by atoms with E-state index in [1.165, 1.54) is 0 Å². The fraction of sp³-hybridized carbons (Fsp3) is 0.571. The zero-order valence-corrected chi connectivity index (χ0v) is 10.5. The molecule has 0 amide bonds. The number of aldehydes is 1. The lowest BCUT2D eigenvalue weighted by atomic mass is 9.76. The van der Waals surface area contributed by atoms with Gasteiger partial charge in [-0.2, -0.15) is 0 Å². The molecule has 1 unspecified atom stereocenters. The Morgan fingerprint density at radius 3 is 2.67 bits per heavy atom. The van der Waals surface area contributed by atoms with E-state index in [1.54, 1.807) is 12.2 Å². The second-order valence-electron chi connectivity index (χ2n) is 4.58. The van der Waals surface area contributed by atoms with Gasteiger partial charge in [0.1, 0.15) is 12.4 Å². The standard InChI is InChI=1S/C14H20O4/c1-2-3-4-5-6-7-10-8-12(16)14(18)13(17)11(10)9-15/h4-7,9-12,14,16,18H,2-3,8H2,1H3/b5-4+,7-6+/t10?,11-,12+,14+/m0/s1. The Hall–Kier alpha value is -1.26. The molecule has 0 aromatic heterocycles. The molecular weight excluding hydrogens is 232 g/mol. The Bertz CT molecular complexity index is 346. The van der Waals surface area contributed by atoms with Crippen molar-refractivity contribution in [2.75, 3.05) is 0 Å². The van der Waals surface area contributed by atoms with E-state index in [9.17, 15) is 19.8 Å². The first kappa shape index (κ1) is 14.8. The van der Waals surface area contributed by atoms with Gasteiger partial charge < -0.3 is 15.0 Å². The zero-order chi connectivity index (χ0) is 13.5. The van der Waals surface area contributed by atoms with Crippen LogP contribution in [0.2, 0.25) is 0 Å². The van der Waals surface area contributed by atoms with Crippen LogP contribution in [0.25, 0.3) is 0 Å². The van der Waals surface area contributed by atoms with Gasteiger partial charge in [-0.1, -0.05) is 37.6 Å². The summed E-state index contributed by atoms with van der Waals surface area (Å²) in [5.41, 5.74) is 0. The molecule has 0 aliphatic heterocycles. The van der Waals surface area contributed by atoms with Gasteiger partial charge in [0.05, 0.1) is 12.0 Å². The summed E-state index contributed by atoms with van der Waals surface area (Å²) < 4.78 is 0. The van der Waals surface area contributed by atoms with Crippen molar-refractivity contribution in [2.45, 2.75) is 38.4 Å². The molecule has 1 saturated carbocycles. The predicted molar refractivity (Wildman–Crippen MR) is 67.9 cm³/mol. The third-order valence-corrected chi connectivity index (χ3v) is 3.17. The van der Waals surface area contributed by atoms with Gasteiger partial charge in [0, 0.05) is 0 Å². The minimum atomic E-state index is -1.43. The van der Waals surface area contributed by atoms with E-state index in [0.717, 1.165) is 12.8 Å². The maximum Gasteiger partial charge on any atom is 0.174 e. The Balaban J connectivity index is 2.68. The molecule has 2 N–H and O–H groups in total. The van der Waals surface area contributed by atoms with Crippen LogP contribution in [-0.4, -0.2) is 34.5 Å². The Morgan fingerprint density at radius 2 is 2.06 bits per heavy atom. The average molecular weight is 252 g/mol. The number of aliphatic hydroxyl groups is 2. The van der Waals surface area contributed by atoms with Crippen molar-refractivity contribution >= 4 is 12.1 Å². The summed E-state index contributed by atoms with van der Waals surface area (Å²) in [5, 5.41) is 18.9. The van der Waals surface area contributed by atoms with Crippen LogP contribution in [0.15, 0.2) is 24.3 Å². The van der Waals surface area contributed by atoms with E-state index in [-0.39, 0.29) is 12.3 Å². The Morgan fingerprint density at radius 1 is 1.33 bits per heavy atom. The number of hydrogen-bond acceptors (Lipinski definition) is 4. The maximum absolute atomic E-state index is 11.6. The SMILES string of the molecule is CCC/C=C/C=C/C1C[C@@H](O)[C@@H](O)C(=O)[C@H]1C=O. The summed E-state index contributed by atoms with van der Waals surface area (Å²) in [6, 6.07) is 0. The van der Waals surface area contributed by atoms with Crippen LogP contribution in [-0.2, 0) is 9.59 Å². The third kappa shape index (κ3) is 3.62. The highest BCUT2D eigenvalue weighted by Gasteiger charge is 2.41. The molecule has 0 heterocycles. The van der Waals surface area contributed by atoms with Crippen molar-refractivity contribution in [3.05, 3.63) is 24.3 Å². The summed E-state index contributed by atoms with van der Waals surface area (Å²) in [7, 11) is 0. The highest BCUT2D eigenvalue weighted by Crippen LogP contribution is 2.28. The van der Waals surface area contributed by atoms with Crippen LogP contribution in [0.5, 0.6) is 0 Å². The van der Waals surface area contributed by atoms with Gasteiger partial charge in [-0.3, -0.25) is 4.79 Å². The first-order chi connectivity index (χ1) is 8.61. The summed E-state index contributed by atoms with van der Waals surface area (Å²) >= 11 is 0. The lowest BCUT2D eigenvalue weighted by Crippen LogP contribution is -2.47. The number of rotatable bonds is 5. The van der Waals surface area contributed by atoms with Crippen LogP contribution in [0, 0.1) is 11.8 Å². The number of ketones is 1. The number of carbonyl (C=O) groups is 2. The molecule has 18 heavy (non-hydrogen) atoms. The minimum absolute atomic E-state index is 0.231. The van der Waals surface area contributed by atoms with Crippen molar-refractivity contribution in [1.29, 1.82) is 0 Å². The molecule has 1 aliphatic rings. The summed E-state index contributed by atoms with van der Waals surface area (Å²) in [6.07, 6.45) is 7.72. The van der Waals surface area contributed by atoms with Gasteiger partial charge in [0.15, 0.2) is 5.78 Å². The van der Waals surface area contributed by atoms with E-state index in [1.807, 2.05) is 12.2 Å². The number of hydrogen-bond donors (Lipinski definition) is 2. The first-order valence-electron chi connectivity index (χ1n) is 6.30. The number of unbranched alkanes of at least 4 members (excludes halogenated alkanes) is 1. The largest absolute Gasteiger partial charge is 0.390 e. The minimum Gasteiger partial charge on any atom is -0.390 e. The van der Waals surface area contributed by atoms with Gasteiger partial charge in [0.2, 0.25) is 0 Å². The lowest BCUT2D eigenvalue weighted by Gasteiger charge is -2.31. The van der Waals surface area contributed by atoms with Crippen molar-refractivity contribution in [3.63, 3.8) is 0 Å². The van der Waals surface area contributed by atoms with Crippen molar-refractivity contribution in [2.24, 2.45) is 11.8 Å². The normalized spacial score (nSPS) is 33.4. The number of carbonyl (C=O) groups excluding carboxylic acids is 2. The quantitative estimate of drug-likeness (QED) is 0.435. The Kier molecular flexibility index (Phi) is 5.95. The van der Waals surface area contributed by atoms with E-state index < -0.39 is 23.9 Å². The molecular formula is C14H20O4. The lowest BCUT2D eigenvalue weighted by molar-refractivity contribution is -0.146. The highest BCUT2D eigenvalue weighted by molar-refractivity contribution is 5.97. The molecule has 1 rings (SSSR count). The topological polar surface area (TPSA) is 74.6 Å². The Labute approximate surface area is 107 Å². The molecule has 4 nitrogen and oxygen atoms in total. The molecule has 1 aliphatic carbocycles. The second kappa shape index (κ2) is 7.24. The third-order valence-electron chi connectivity index (χ3n) is 3.17. The molecule has 0 radical (unpaired) electrons. The number of Topliss-reactive ketones (excluding diaryl/α,β-unsaturated/α-hetero) is 1. The van der Waals surface area contributed by atoms with Crippen LogP contribution in [0.3, 0.4) is 0 Å². The number of aliphatic hydroxyl groups excluding tert-OH is 2. The van der Waals surface area contributed by atoms with Gasteiger partial charge in [-0.25, -0.2) is 0 Å². The van der Waals surface area contributed by atoms with Crippen LogP contribution in [0.1, 0.15) is 26.2 Å². The van der Waals surface area contributed by atoms with Crippen molar-refractivity contribution in [1.82, 2.24) is 0 Å². The molecule has 0 aromatic rings. The predicted octanol–water partition coefficient (Wildman–Crippen LogP) is 1.02. The fourth-order valence-corrected chi connectivity index (χ4v) is 2.07. The van der Waals surface area contributed by atoms with Gasteiger partial charge in [-0.05, 0) is 18.8 Å². The monoisotopic (exact) mass is 252 g/mol. The molecule has 0 bridgehead atoms. The van der Waals surface area contributed by atoms with Crippen LogP contribution >= 0.6 is 0 Å². The summed E-state index contributed by atoms with van der Waals surface area (Å²) in [4.78, 5) is 22.5. The van der Waals surface area contributed by atoms with Crippen LogP contribution in [0.4, 0.5) is 0 Å². The van der Waals surface area contributed by atoms with E-state index in [2.05, 4.69) is 6.92 Å². The molecule has 1 fully saturated rings. The molecule has 4 heteroatoms. The van der Waals surface area contributed by atoms with Gasteiger partial charge in [0.25, 0.3) is 0 Å². The molecule has 0 spiro atoms. The van der Waals surface area contributed by atoms with E-state index >= 15 is 0 Å². The summed E-state index contributed by atoms with van der Waals surface area (Å²) in [6.45, 7) is 2.08. The van der Waals surface area contributed by atoms with Gasteiger partial charge >= 0.3 is 0 Å². The molecule has 0 aromatic carbocycles. The summed E-state index contributed by atoms with van der Waals surface area (Å²) in [5.74, 6) is -1.77. The molecule has 4 atom stereocenters. The smallest absolute Gasteiger partial charge is 0.174 e. The highest BCUT2D eigenvalue weighted by atomic mass is 16.3. The van der Waals surface area contributed by atoms with E-state index in [0.29, 0.717) is 6.29 Å². The molecule has 100 valence electrons. The number of allylic oxidation sites excluding steroid dienone is 4.